The Balaban J connectivity index is 2.91. The van der Waals surface area contributed by atoms with Gasteiger partial charge in [0.25, 0.3) is 5.24 Å². The molecule has 16 heavy (non-hydrogen) atoms. The van der Waals surface area contributed by atoms with Crippen molar-refractivity contribution in [1.29, 1.82) is 0 Å². The molecular formula is C13H12ClNO. The molecule has 2 nitrogen and oxygen atoms in total. The van der Waals surface area contributed by atoms with Gasteiger partial charge in [0, 0.05) is 16.6 Å². The molecule has 0 unspecified atom stereocenters. The Morgan fingerprint density at radius 2 is 2.06 bits per heavy atom. The van der Waals surface area contributed by atoms with Gasteiger partial charge in [-0.1, -0.05) is 25.1 Å². The van der Waals surface area contributed by atoms with Crippen molar-refractivity contribution in [3.63, 3.8) is 0 Å². The third-order valence-corrected chi connectivity index (χ3v) is 2.96. The summed E-state index contributed by atoms with van der Waals surface area (Å²) >= 11 is 5.65. The van der Waals surface area contributed by atoms with E-state index in [1.54, 1.807) is 0 Å². The van der Waals surface area contributed by atoms with Crippen LogP contribution in [0.4, 0.5) is 0 Å². The molecule has 1 aromatic carbocycles. The van der Waals surface area contributed by atoms with Gasteiger partial charge in [0.05, 0.1) is 5.52 Å². The minimum atomic E-state index is -0.411. The molecule has 0 aliphatic heterocycles. The maximum Gasteiger partial charge on any atom is 0.253 e. The Kier molecular flexibility index (Phi) is 2.92. The number of aromatic nitrogens is 1. The predicted octanol–water partition coefficient (Wildman–Crippen LogP) is 3.48. The first-order valence-electron chi connectivity index (χ1n) is 5.23. The minimum absolute atomic E-state index is 0.411. The molecule has 2 aromatic rings. The molecular weight excluding hydrogens is 222 g/mol. The predicted molar refractivity (Wildman–Crippen MR) is 66.0 cm³/mol. The SMILES string of the molecule is CCc1nc2ccccc2c(C(=O)Cl)c1C. The van der Waals surface area contributed by atoms with E-state index in [9.17, 15) is 4.79 Å². The van der Waals surface area contributed by atoms with Crippen LogP contribution in [-0.4, -0.2) is 10.2 Å². The van der Waals surface area contributed by atoms with Crippen molar-refractivity contribution in [2.75, 3.05) is 0 Å². The first-order valence-corrected chi connectivity index (χ1v) is 5.61. The molecule has 0 spiro atoms. The van der Waals surface area contributed by atoms with Crippen LogP contribution in [0.2, 0.25) is 0 Å². The number of rotatable bonds is 2. The lowest BCUT2D eigenvalue weighted by Gasteiger charge is -2.10. The van der Waals surface area contributed by atoms with E-state index in [1.165, 1.54) is 0 Å². The molecule has 1 heterocycles. The van der Waals surface area contributed by atoms with E-state index in [0.717, 1.165) is 28.6 Å². The number of nitrogens with zero attached hydrogens (tertiary/aromatic N) is 1. The van der Waals surface area contributed by atoms with Crippen LogP contribution in [0.15, 0.2) is 24.3 Å². The normalized spacial score (nSPS) is 10.7. The highest BCUT2D eigenvalue weighted by molar-refractivity contribution is 6.68. The van der Waals surface area contributed by atoms with Crippen LogP contribution in [0.25, 0.3) is 10.9 Å². The maximum atomic E-state index is 11.5. The summed E-state index contributed by atoms with van der Waals surface area (Å²) < 4.78 is 0. The lowest BCUT2D eigenvalue weighted by molar-refractivity contribution is 0.108. The summed E-state index contributed by atoms with van der Waals surface area (Å²) in [5.41, 5.74) is 3.24. The van der Waals surface area contributed by atoms with E-state index in [0.29, 0.717) is 5.56 Å². The second-order valence-corrected chi connectivity index (χ2v) is 4.05. The number of benzene rings is 1. The van der Waals surface area contributed by atoms with E-state index in [-0.39, 0.29) is 0 Å². The van der Waals surface area contributed by atoms with Crippen LogP contribution >= 0.6 is 11.6 Å². The standard InChI is InChI=1S/C13H12ClNO/c1-3-10-8(2)12(13(14)16)9-6-4-5-7-11(9)15-10/h4-7H,3H2,1-2H3. The molecule has 0 aliphatic carbocycles. The second kappa shape index (κ2) is 4.22. The molecule has 0 saturated carbocycles. The van der Waals surface area contributed by atoms with Gasteiger partial charge >= 0.3 is 0 Å². The fraction of sp³-hybridized carbons (Fsp3) is 0.231. The number of aryl methyl sites for hydroxylation is 1. The Bertz CT molecular complexity index is 563. The summed E-state index contributed by atoms with van der Waals surface area (Å²) in [6, 6.07) is 7.58. The highest BCUT2D eigenvalue weighted by Gasteiger charge is 2.14. The van der Waals surface area contributed by atoms with Gasteiger partial charge in [-0.3, -0.25) is 9.78 Å². The molecule has 2 rings (SSSR count). The largest absolute Gasteiger partial charge is 0.276 e. The summed E-state index contributed by atoms with van der Waals surface area (Å²) in [7, 11) is 0. The Morgan fingerprint density at radius 3 is 2.69 bits per heavy atom. The molecule has 0 N–H and O–H groups in total. The number of carbonyl (C=O) groups excluding carboxylic acids is 1. The second-order valence-electron chi connectivity index (χ2n) is 3.70. The van der Waals surface area contributed by atoms with Gasteiger partial charge in [-0.2, -0.15) is 0 Å². The van der Waals surface area contributed by atoms with Gasteiger partial charge in [-0.05, 0) is 36.6 Å². The zero-order chi connectivity index (χ0) is 11.7. The smallest absolute Gasteiger partial charge is 0.253 e. The van der Waals surface area contributed by atoms with Crippen molar-refractivity contribution in [3.8, 4) is 0 Å². The molecule has 0 radical (unpaired) electrons. The number of hydrogen-bond donors (Lipinski definition) is 0. The quantitative estimate of drug-likeness (QED) is 0.744. The van der Waals surface area contributed by atoms with Crippen LogP contribution in [0, 0.1) is 6.92 Å². The molecule has 0 fully saturated rings. The van der Waals surface area contributed by atoms with Gasteiger partial charge in [-0.15, -0.1) is 0 Å². The number of halogens is 1. The molecule has 82 valence electrons. The Morgan fingerprint density at radius 1 is 1.38 bits per heavy atom. The van der Waals surface area contributed by atoms with Crippen molar-refractivity contribution >= 4 is 27.7 Å². The summed E-state index contributed by atoms with van der Waals surface area (Å²) in [6.07, 6.45) is 0.799. The van der Waals surface area contributed by atoms with E-state index in [4.69, 9.17) is 11.6 Å². The molecule has 0 amide bonds. The fourth-order valence-corrected chi connectivity index (χ4v) is 2.20. The topological polar surface area (TPSA) is 30.0 Å². The third kappa shape index (κ3) is 1.69. The molecule has 3 heteroatoms. The van der Waals surface area contributed by atoms with Gasteiger partial charge < -0.3 is 0 Å². The number of carbonyl (C=O) groups is 1. The molecule has 1 aromatic heterocycles. The van der Waals surface area contributed by atoms with E-state index >= 15 is 0 Å². The fourth-order valence-electron chi connectivity index (χ4n) is 1.96. The van der Waals surface area contributed by atoms with Gasteiger partial charge in [0.15, 0.2) is 0 Å². The zero-order valence-corrected chi connectivity index (χ0v) is 10.0. The zero-order valence-electron chi connectivity index (χ0n) is 9.25. The molecule has 0 atom stereocenters. The Labute approximate surface area is 99.3 Å². The van der Waals surface area contributed by atoms with Crippen molar-refractivity contribution in [2.24, 2.45) is 0 Å². The van der Waals surface area contributed by atoms with Gasteiger partial charge in [-0.25, -0.2) is 0 Å². The van der Waals surface area contributed by atoms with E-state index in [1.807, 2.05) is 38.1 Å². The third-order valence-electron chi connectivity index (χ3n) is 2.77. The minimum Gasteiger partial charge on any atom is -0.276 e. The first-order chi connectivity index (χ1) is 7.65. The average molecular weight is 234 g/mol. The molecule has 0 saturated heterocycles. The maximum absolute atomic E-state index is 11.5. The van der Waals surface area contributed by atoms with Crippen LogP contribution in [0.3, 0.4) is 0 Å². The van der Waals surface area contributed by atoms with Crippen molar-refractivity contribution in [3.05, 3.63) is 41.1 Å². The number of para-hydroxylation sites is 1. The highest BCUT2D eigenvalue weighted by atomic mass is 35.5. The lowest BCUT2D eigenvalue weighted by Crippen LogP contribution is -2.02. The van der Waals surface area contributed by atoms with Crippen molar-refractivity contribution < 1.29 is 4.79 Å². The van der Waals surface area contributed by atoms with Crippen LogP contribution < -0.4 is 0 Å². The van der Waals surface area contributed by atoms with Crippen LogP contribution in [0.1, 0.15) is 28.5 Å². The van der Waals surface area contributed by atoms with Crippen molar-refractivity contribution in [1.82, 2.24) is 4.98 Å². The Hall–Kier alpha value is -1.41. The summed E-state index contributed by atoms with van der Waals surface area (Å²) in [5, 5.41) is 0.419. The van der Waals surface area contributed by atoms with Crippen LogP contribution in [0.5, 0.6) is 0 Å². The molecule has 0 bridgehead atoms. The average Bonchev–Trinajstić information content (AvgIpc) is 2.27. The summed E-state index contributed by atoms with van der Waals surface area (Å²) in [4.78, 5) is 16.0. The van der Waals surface area contributed by atoms with Crippen molar-refractivity contribution in [2.45, 2.75) is 20.3 Å². The first kappa shape index (κ1) is 11.1. The monoisotopic (exact) mass is 233 g/mol. The summed E-state index contributed by atoms with van der Waals surface area (Å²) in [5.74, 6) is 0. The van der Waals surface area contributed by atoms with Gasteiger partial charge in [0.1, 0.15) is 0 Å². The summed E-state index contributed by atoms with van der Waals surface area (Å²) in [6.45, 7) is 3.92. The highest BCUT2D eigenvalue weighted by Crippen LogP contribution is 2.24. The number of hydrogen-bond acceptors (Lipinski definition) is 2. The lowest BCUT2D eigenvalue weighted by atomic mass is 10.0. The van der Waals surface area contributed by atoms with Gasteiger partial charge in [0.2, 0.25) is 0 Å². The molecule has 0 aliphatic rings. The number of fused-ring (bicyclic) bond motifs is 1. The van der Waals surface area contributed by atoms with Crippen LogP contribution in [-0.2, 0) is 6.42 Å². The van der Waals surface area contributed by atoms with E-state index < -0.39 is 5.24 Å². The number of pyridine rings is 1. The van der Waals surface area contributed by atoms with E-state index in [2.05, 4.69) is 4.98 Å².